The molecule has 0 radical (unpaired) electrons. The number of nitrogens with one attached hydrogen (secondary N) is 2. The number of amides is 1. The summed E-state index contributed by atoms with van der Waals surface area (Å²) in [6.45, 7) is 5.52. The molecule has 1 aliphatic heterocycles. The summed E-state index contributed by atoms with van der Waals surface area (Å²) < 4.78 is 5.33. The maximum Gasteiger partial charge on any atom is 0.251 e. The van der Waals surface area contributed by atoms with E-state index in [1.165, 1.54) is 0 Å². The van der Waals surface area contributed by atoms with E-state index >= 15 is 0 Å². The molecule has 1 saturated heterocycles. The van der Waals surface area contributed by atoms with E-state index in [1.807, 2.05) is 18.2 Å². The number of carbonyl (C=O) groups is 1. The van der Waals surface area contributed by atoms with Crippen molar-refractivity contribution in [2.24, 2.45) is 0 Å². The third-order valence-corrected chi connectivity index (χ3v) is 3.97. The van der Waals surface area contributed by atoms with Crippen LogP contribution in [0.5, 0.6) is 0 Å². The second-order valence-corrected chi connectivity index (χ2v) is 5.55. The van der Waals surface area contributed by atoms with Crippen LogP contribution in [0, 0.1) is 0 Å². The van der Waals surface area contributed by atoms with E-state index in [9.17, 15) is 4.79 Å². The lowest BCUT2D eigenvalue weighted by atomic mass is 10.2. The fraction of sp³-hybridized carbons (Fsp3) is 0.500. The molecule has 0 aliphatic carbocycles. The standard InChI is InChI=1S/C16H22N4O2/c21-16(13-3-4-14-15(11-13)19-12-18-14)17-5-1-2-6-20-7-9-22-10-8-20/h3-4,11-12H,1-2,5-10H2,(H,17,21)(H,18,19). The van der Waals surface area contributed by atoms with Crippen molar-refractivity contribution < 1.29 is 9.53 Å². The zero-order chi connectivity index (χ0) is 15.2. The Hall–Kier alpha value is -1.92. The maximum atomic E-state index is 12.1. The molecule has 2 heterocycles. The van der Waals surface area contributed by atoms with Crippen LogP contribution in [0.15, 0.2) is 24.5 Å². The van der Waals surface area contributed by atoms with Gasteiger partial charge in [0.15, 0.2) is 0 Å². The highest BCUT2D eigenvalue weighted by Gasteiger charge is 2.10. The van der Waals surface area contributed by atoms with E-state index in [0.717, 1.165) is 56.7 Å². The second kappa shape index (κ2) is 7.38. The van der Waals surface area contributed by atoms with E-state index in [-0.39, 0.29) is 5.91 Å². The van der Waals surface area contributed by atoms with Crippen molar-refractivity contribution in [2.75, 3.05) is 39.4 Å². The summed E-state index contributed by atoms with van der Waals surface area (Å²) in [4.78, 5) is 21.7. The molecule has 1 aromatic heterocycles. The summed E-state index contributed by atoms with van der Waals surface area (Å²) >= 11 is 0. The quantitative estimate of drug-likeness (QED) is 0.792. The van der Waals surface area contributed by atoms with E-state index < -0.39 is 0 Å². The molecule has 3 rings (SSSR count). The molecular formula is C16H22N4O2. The number of ether oxygens (including phenoxy) is 1. The molecule has 0 saturated carbocycles. The molecule has 6 nitrogen and oxygen atoms in total. The fourth-order valence-electron chi connectivity index (χ4n) is 2.67. The Morgan fingerprint density at radius 1 is 1.32 bits per heavy atom. The first-order valence-corrected chi connectivity index (χ1v) is 7.84. The number of morpholine rings is 1. The second-order valence-electron chi connectivity index (χ2n) is 5.55. The number of H-pyrrole nitrogens is 1. The van der Waals surface area contributed by atoms with Crippen molar-refractivity contribution in [1.82, 2.24) is 20.2 Å². The van der Waals surface area contributed by atoms with Crippen LogP contribution in [0.3, 0.4) is 0 Å². The van der Waals surface area contributed by atoms with Gasteiger partial charge in [0, 0.05) is 25.2 Å². The highest BCUT2D eigenvalue weighted by molar-refractivity contribution is 5.97. The van der Waals surface area contributed by atoms with Gasteiger partial charge in [-0.2, -0.15) is 0 Å². The lowest BCUT2D eigenvalue weighted by Crippen LogP contribution is -2.37. The summed E-state index contributed by atoms with van der Waals surface area (Å²) in [7, 11) is 0. The predicted octanol–water partition coefficient (Wildman–Crippen LogP) is 1.41. The Labute approximate surface area is 129 Å². The minimum absolute atomic E-state index is 0.0251. The van der Waals surface area contributed by atoms with Gasteiger partial charge in [0.1, 0.15) is 0 Å². The number of rotatable bonds is 6. The van der Waals surface area contributed by atoms with Crippen molar-refractivity contribution in [1.29, 1.82) is 0 Å². The summed E-state index contributed by atoms with van der Waals surface area (Å²) in [5, 5.41) is 2.98. The first kappa shape index (κ1) is 15.0. The van der Waals surface area contributed by atoms with Crippen LogP contribution >= 0.6 is 0 Å². The van der Waals surface area contributed by atoms with Gasteiger partial charge in [-0.15, -0.1) is 0 Å². The van der Waals surface area contributed by atoms with Crippen molar-refractivity contribution in [3.63, 3.8) is 0 Å². The van der Waals surface area contributed by atoms with Crippen LogP contribution in [0.2, 0.25) is 0 Å². The molecule has 1 aliphatic rings. The van der Waals surface area contributed by atoms with Crippen molar-refractivity contribution in [2.45, 2.75) is 12.8 Å². The van der Waals surface area contributed by atoms with Gasteiger partial charge in [-0.25, -0.2) is 4.98 Å². The zero-order valence-corrected chi connectivity index (χ0v) is 12.7. The first-order valence-electron chi connectivity index (χ1n) is 7.84. The number of carbonyl (C=O) groups excluding carboxylic acids is 1. The highest BCUT2D eigenvalue weighted by Crippen LogP contribution is 2.11. The summed E-state index contributed by atoms with van der Waals surface area (Å²) in [5.74, 6) is -0.0251. The summed E-state index contributed by atoms with van der Waals surface area (Å²) in [6.07, 6.45) is 3.73. The molecule has 0 spiro atoms. The largest absolute Gasteiger partial charge is 0.379 e. The monoisotopic (exact) mass is 302 g/mol. The van der Waals surface area contributed by atoms with Crippen LogP contribution in [0.4, 0.5) is 0 Å². The number of fused-ring (bicyclic) bond motifs is 1. The van der Waals surface area contributed by atoms with Crippen LogP contribution in [0.1, 0.15) is 23.2 Å². The summed E-state index contributed by atoms with van der Waals surface area (Å²) in [6, 6.07) is 5.51. The number of nitrogens with zero attached hydrogens (tertiary/aromatic N) is 2. The SMILES string of the molecule is O=C(NCCCCN1CCOCC1)c1ccc2nc[nH]c2c1. The van der Waals surface area contributed by atoms with E-state index in [4.69, 9.17) is 4.74 Å². The van der Waals surface area contributed by atoms with Crippen molar-refractivity contribution in [3.05, 3.63) is 30.1 Å². The molecule has 0 bridgehead atoms. The third kappa shape index (κ3) is 3.84. The van der Waals surface area contributed by atoms with Gasteiger partial charge in [-0.3, -0.25) is 9.69 Å². The normalized spacial score (nSPS) is 16.0. The molecular weight excluding hydrogens is 280 g/mol. The molecule has 1 amide bonds. The van der Waals surface area contributed by atoms with Gasteiger partial charge in [-0.05, 0) is 37.6 Å². The molecule has 1 fully saturated rings. The van der Waals surface area contributed by atoms with Gasteiger partial charge < -0.3 is 15.0 Å². The molecule has 2 N–H and O–H groups in total. The highest BCUT2D eigenvalue weighted by atomic mass is 16.5. The lowest BCUT2D eigenvalue weighted by molar-refractivity contribution is 0.0372. The number of imidazole rings is 1. The first-order chi connectivity index (χ1) is 10.8. The van der Waals surface area contributed by atoms with Crippen LogP contribution in [-0.4, -0.2) is 60.2 Å². The Balaban J connectivity index is 1.38. The molecule has 2 aromatic rings. The van der Waals surface area contributed by atoms with Crippen LogP contribution < -0.4 is 5.32 Å². The number of hydrogen-bond donors (Lipinski definition) is 2. The van der Waals surface area contributed by atoms with Gasteiger partial charge in [0.25, 0.3) is 5.91 Å². The van der Waals surface area contributed by atoms with Gasteiger partial charge in [0.05, 0.1) is 30.6 Å². The number of hydrogen-bond acceptors (Lipinski definition) is 4. The number of benzene rings is 1. The topological polar surface area (TPSA) is 70.2 Å². The smallest absolute Gasteiger partial charge is 0.251 e. The molecule has 22 heavy (non-hydrogen) atoms. The van der Waals surface area contributed by atoms with Gasteiger partial charge >= 0.3 is 0 Å². The average Bonchev–Trinajstić information content (AvgIpc) is 3.03. The van der Waals surface area contributed by atoms with E-state index in [0.29, 0.717) is 12.1 Å². The predicted molar refractivity (Wildman–Crippen MR) is 84.9 cm³/mol. The third-order valence-electron chi connectivity index (χ3n) is 3.97. The minimum Gasteiger partial charge on any atom is -0.379 e. The maximum absolute atomic E-state index is 12.1. The Kier molecular flexibility index (Phi) is 5.03. The molecule has 0 atom stereocenters. The van der Waals surface area contributed by atoms with Crippen molar-refractivity contribution in [3.8, 4) is 0 Å². The van der Waals surface area contributed by atoms with E-state index in [2.05, 4.69) is 20.2 Å². The van der Waals surface area contributed by atoms with Crippen LogP contribution in [0.25, 0.3) is 11.0 Å². The number of aromatic amines is 1. The Morgan fingerprint density at radius 2 is 2.18 bits per heavy atom. The Morgan fingerprint density at radius 3 is 3.05 bits per heavy atom. The molecule has 0 unspecified atom stereocenters. The summed E-state index contributed by atoms with van der Waals surface area (Å²) in [5.41, 5.74) is 2.44. The number of aromatic nitrogens is 2. The van der Waals surface area contributed by atoms with E-state index in [1.54, 1.807) is 6.33 Å². The van der Waals surface area contributed by atoms with Crippen LogP contribution in [-0.2, 0) is 4.74 Å². The fourth-order valence-corrected chi connectivity index (χ4v) is 2.67. The van der Waals surface area contributed by atoms with Gasteiger partial charge in [-0.1, -0.05) is 0 Å². The van der Waals surface area contributed by atoms with Crippen molar-refractivity contribution >= 4 is 16.9 Å². The Bertz CT molecular complexity index is 619. The minimum atomic E-state index is -0.0251. The lowest BCUT2D eigenvalue weighted by Gasteiger charge is -2.26. The molecule has 6 heteroatoms. The van der Waals surface area contributed by atoms with Gasteiger partial charge in [0.2, 0.25) is 0 Å². The average molecular weight is 302 g/mol. The molecule has 1 aromatic carbocycles. The number of unbranched alkanes of at least 4 members (excludes halogenated alkanes) is 1. The zero-order valence-electron chi connectivity index (χ0n) is 12.7. The molecule has 118 valence electrons.